The number of halogens is 6. The fraction of sp³-hybridized carbons (Fsp3) is 0.750. The zero-order valence-corrected chi connectivity index (χ0v) is 11.9. The Hall–Kier alpha value is -0.970. The average molecular weight is 342 g/mol. The van der Waals surface area contributed by atoms with Gasteiger partial charge in [-0.1, -0.05) is 0 Å². The maximum atomic E-state index is 13.4. The van der Waals surface area contributed by atoms with Crippen LogP contribution in [0.1, 0.15) is 26.6 Å². The second-order valence-corrected chi connectivity index (χ2v) is 7.28. The summed E-state index contributed by atoms with van der Waals surface area (Å²) in [4.78, 5) is 0. The molecule has 0 atom stereocenters. The standard InChI is InChI=1S/C8H9ClF5N3O2S/c1-6(2,3)17-4(7(10,11)8(12,13)14)15-16-5(17)20(9,18)19/h1-3H3. The van der Waals surface area contributed by atoms with Crippen LogP contribution in [0.15, 0.2) is 5.16 Å². The fourth-order valence-electron chi connectivity index (χ4n) is 1.36. The van der Waals surface area contributed by atoms with E-state index in [1.807, 2.05) is 0 Å². The molecule has 0 amide bonds. The van der Waals surface area contributed by atoms with E-state index in [4.69, 9.17) is 10.7 Å². The minimum atomic E-state index is -5.95. The molecule has 0 fully saturated rings. The highest BCUT2D eigenvalue weighted by molar-refractivity contribution is 8.13. The van der Waals surface area contributed by atoms with Crippen LogP contribution in [0.3, 0.4) is 0 Å². The van der Waals surface area contributed by atoms with Crippen LogP contribution in [-0.4, -0.2) is 29.4 Å². The zero-order valence-electron chi connectivity index (χ0n) is 10.3. The minimum absolute atomic E-state index is 0.156. The first-order valence-electron chi connectivity index (χ1n) is 4.95. The van der Waals surface area contributed by atoms with E-state index in [1.54, 1.807) is 0 Å². The predicted octanol–water partition coefficient (Wildman–Crippen LogP) is 2.61. The summed E-state index contributed by atoms with van der Waals surface area (Å²) >= 11 is 0. The molecule has 0 N–H and O–H groups in total. The molecule has 0 bridgehead atoms. The van der Waals surface area contributed by atoms with Gasteiger partial charge in [0, 0.05) is 16.2 Å². The van der Waals surface area contributed by atoms with Crippen LogP contribution in [0.25, 0.3) is 0 Å². The summed E-state index contributed by atoms with van der Waals surface area (Å²) in [6.07, 6.45) is -5.95. The summed E-state index contributed by atoms with van der Waals surface area (Å²) in [5.41, 5.74) is -1.47. The third-order valence-corrected chi connectivity index (χ3v) is 3.27. The molecule has 0 aliphatic carbocycles. The molecule has 1 heterocycles. The Morgan fingerprint density at radius 1 is 1.05 bits per heavy atom. The topological polar surface area (TPSA) is 64.8 Å². The van der Waals surface area contributed by atoms with Gasteiger partial charge in [-0.2, -0.15) is 22.0 Å². The maximum Gasteiger partial charge on any atom is 0.461 e. The number of rotatable bonds is 2. The molecule has 1 aromatic heterocycles. The lowest BCUT2D eigenvalue weighted by atomic mass is 10.1. The van der Waals surface area contributed by atoms with Gasteiger partial charge < -0.3 is 0 Å². The van der Waals surface area contributed by atoms with Gasteiger partial charge in [0.1, 0.15) is 0 Å². The normalized spacial score (nSPS) is 14.7. The van der Waals surface area contributed by atoms with E-state index in [2.05, 4.69) is 10.2 Å². The Labute approximate surface area is 115 Å². The van der Waals surface area contributed by atoms with E-state index in [0.717, 1.165) is 0 Å². The molecule has 0 aliphatic heterocycles. The van der Waals surface area contributed by atoms with Crippen LogP contribution < -0.4 is 0 Å². The van der Waals surface area contributed by atoms with Crippen molar-refractivity contribution in [3.05, 3.63) is 5.82 Å². The van der Waals surface area contributed by atoms with Gasteiger partial charge in [-0.15, -0.1) is 10.2 Å². The van der Waals surface area contributed by atoms with Crippen LogP contribution in [-0.2, 0) is 20.5 Å². The minimum Gasteiger partial charge on any atom is -0.290 e. The number of aromatic nitrogens is 3. The highest BCUT2D eigenvalue weighted by atomic mass is 35.7. The van der Waals surface area contributed by atoms with Crippen molar-refractivity contribution in [2.45, 2.75) is 43.6 Å². The third kappa shape index (κ3) is 2.87. The number of alkyl halides is 5. The van der Waals surface area contributed by atoms with Gasteiger partial charge in [0.25, 0.3) is 14.2 Å². The van der Waals surface area contributed by atoms with Crippen molar-refractivity contribution in [2.24, 2.45) is 0 Å². The molecule has 0 saturated carbocycles. The summed E-state index contributed by atoms with van der Waals surface area (Å²) in [5, 5.41) is 4.34. The smallest absolute Gasteiger partial charge is 0.290 e. The van der Waals surface area contributed by atoms with Gasteiger partial charge in [-0.3, -0.25) is 4.57 Å². The SMILES string of the molecule is CC(C)(C)n1c(C(F)(F)C(F)(F)F)nnc1S(=O)(=O)Cl. The van der Waals surface area contributed by atoms with E-state index >= 15 is 0 Å². The third-order valence-electron chi connectivity index (χ3n) is 2.16. The number of nitrogens with zero attached hydrogens (tertiary/aromatic N) is 3. The lowest BCUT2D eigenvalue weighted by Gasteiger charge is -2.27. The van der Waals surface area contributed by atoms with Crippen molar-refractivity contribution < 1.29 is 30.4 Å². The van der Waals surface area contributed by atoms with E-state index in [9.17, 15) is 30.4 Å². The van der Waals surface area contributed by atoms with Crippen LogP contribution >= 0.6 is 10.7 Å². The first kappa shape index (κ1) is 17.1. The summed E-state index contributed by atoms with van der Waals surface area (Å²) in [6, 6.07) is 0. The van der Waals surface area contributed by atoms with Crippen molar-refractivity contribution in [3.63, 3.8) is 0 Å². The molecule has 0 saturated heterocycles. The molecule has 116 valence electrons. The molecule has 12 heteroatoms. The molecule has 0 aromatic carbocycles. The van der Waals surface area contributed by atoms with E-state index < -0.39 is 37.7 Å². The van der Waals surface area contributed by atoms with Crippen molar-refractivity contribution in [1.82, 2.24) is 14.8 Å². The molecule has 0 unspecified atom stereocenters. The Morgan fingerprint density at radius 3 is 1.80 bits per heavy atom. The van der Waals surface area contributed by atoms with Gasteiger partial charge >= 0.3 is 12.1 Å². The Bertz CT molecular complexity index is 617. The van der Waals surface area contributed by atoms with Crippen LogP contribution in [0.5, 0.6) is 0 Å². The van der Waals surface area contributed by atoms with E-state index in [-0.39, 0.29) is 4.57 Å². The molecular formula is C8H9ClF5N3O2S. The van der Waals surface area contributed by atoms with Crippen LogP contribution in [0.2, 0.25) is 0 Å². The van der Waals surface area contributed by atoms with Gasteiger partial charge in [-0.25, -0.2) is 8.42 Å². The highest BCUT2D eigenvalue weighted by Gasteiger charge is 2.63. The second kappa shape index (κ2) is 4.52. The fourth-order valence-corrected chi connectivity index (χ4v) is 2.38. The Kier molecular flexibility index (Phi) is 3.86. The summed E-state index contributed by atoms with van der Waals surface area (Å²) in [7, 11) is 0.330. The van der Waals surface area contributed by atoms with Crippen LogP contribution in [0.4, 0.5) is 22.0 Å². The first-order chi connectivity index (χ1) is 8.60. The zero-order chi connectivity index (χ0) is 16.1. The quantitative estimate of drug-likeness (QED) is 0.612. The lowest BCUT2D eigenvalue weighted by Crippen LogP contribution is -2.40. The molecule has 0 radical (unpaired) electrons. The monoisotopic (exact) mass is 341 g/mol. The molecule has 1 rings (SSSR count). The molecule has 0 aliphatic rings. The summed E-state index contributed by atoms with van der Waals surface area (Å²) in [5.74, 6) is -7.20. The van der Waals surface area contributed by atoms with Crippen molar-refractivity contribution >= 4 is 19.7 Å². The van der Waals surface area contributed by atoms with Gasteiger partial charge in [0.15, 0.2) is 0 Å². The van der Waals surface area contributed by atoms with E-state index in [0.29, 0.717) is 0 Å². The van der Waals surface area contributed by atoms with E-state index in [1.165, 1.54) is 20.8 Å². The summed E-state index contributed by atoms with van der Waals surface area (Å²) in [6.45, 7) is 3.62. The Morgan fingerprint density at radius 2 is 1.50 bits per heavy atom. The van der Waals surface area contributed by atoms with Crippen molar-refractivity contribution in [1.29, 1.82) is 0 Å². The maximum absolute atomic E-state index is 13.4. The molecule has 5 nitrogen and oxygen atoms in total. The second-order valence-electron chi connectivity index (χ2n) is 4.82. The molecule has 0 spiro atoms. The molecular weight excluding hydrogens is 333 g/mol. The van der Waals surface area contributed by atoms with Gasteiger partial charge in [0.2, 0.25) is 5.82 Å². The largest absolute Gasteiger partial charge is 0.461 e. The molecule has 20 heavy (non-hydrogen) atoms. The molecule has 1 aromatic rings. The number of hydrogen-bond acceptors (Lipinski definition) is 4. The Balaban J connectivity index is 3.73. The van der Waals surface area contributed by atoms with Gasteiger partial charge in [-0.05, 0) is 20.8 Å². The van der Waals surface area contributed by atoms with Crippen molar-refractivity contribution in [3.8, 4) is 0 Å². The first-order valence-corrected chi connectivity index (χ1v) is 7.26. The lowest BCUT2D eigenvalue weighted by molar-refractivity contribution is -0.294. The van der Waals surface area contributed by atoms with Gasteiger partial charge in [0.05, 0.1) is 0 Å². The highest BCUT2D eigenvalue weighted by Crippen LogP contribution is 2.44. The number of hydrogen-bond donors (Lipinski definition) is 0. The average Bonchev–Trinajstić information content (AvgIpc) is 2.57. The summed E-state index contributed by atoms with van der Waals surface area (Å²) < 4.78 is 86.4. The predicted molar refractivity (Wildman–Crippen MR) is 58.0 cm³/mol. The van der Waals surface area contributed by atoms with Crippen LogP contribution in [0, 0.1) is 0 Å². The van der Waals surface area contributed by atoms with Crippen molar-refractivity contribution in [2.75, 3.05) is 0 Å².